The van der Waals surface area contributed by atoms with Gasteiger partial charge in [0.2, 0.25) is 0 Å². The summed E-state index contributed by atoms with van der Waals surface area (Å²) >= 11 is 6.31. The molecule has 4 aromatic carbocycles. The van der Waals surface area contributed by atoms with Gasteiger partial charge in [0.15, 0.2) is 0 Å². The van der Waals surface area contributed by atoms with Crippen LogP contribution in [0.1, 0.15) is 29.0 Å². The van der Waals surface area contributed by atoms with Crippen molar-refractivity contribution in [3.05, 3.63) is 119 Å². The minimum atomic E-state index is 0.363. The van der Waals surface area contributed by atoms with Crippen LogP contribution >= 0.6 is 11.6 Å². The Hall–Kier alpha value is -2.83. The Bertz CT molecular complexity index is 1130. The van der Waals surface area contributed by atoms with E-state index >= 15 is 0 Å². The molecular formula is C27H21Cl. The van der Waals surface area contributed by atoms with Crippen molar-refractivity contribution in [1.82, 2.24) is 0 Å². The summed E-state index contributed by atoms with van der Waals surface area (Å²) in [6.07, 6.45) is 2.16. The summed E-state index contributed by atoms with van der Waals surface area (Å²) < 4.78 is 0. The van der Waals surface area contributed by atoms with E-state index in [1.807, 2.05) is 6.07 Å². The molecule has 1 atom stereocenters. The van der Waals surface area contributed by atoms with Gasteiger partial charge in [-0.3, -0.25) is 0 Å². The van der Waals surface area contributed by atoms with Gasteiger partial charge in [0.1, 0.15) is 0 Å². The molecule has 136 valence electrons. The first-order chi connectivity index (χ1) is 13.8. The fourth-order valence-electron chi connectivity index (χ4n) is 4.43. The van der Waals surface area contributed by atoms with Crippen molar-refractivity contribution in [2.45, 2.75) is 18.8 Å². The summed E-state index contributed by atoms with van der Waals surface area (Å²) in [6, 6.07) is 34.8. The SMILES string of the molecule is Clc1cccc(C2CCc3ccc(-c4ccccc4)cc3-c3ccccc32)c1. The Morgan fingerprint density at radius 2 is 1.46 bits per heavy atom. The molecule has 1 unspecified atom stereocenters. The van der Waals surface area contributed by atoms with E-state index in [2.05, 4.69) is 91.0 Å². The molecule has 0 bridgehead atoms. The molecule has 1 heteroatoms. The number of aryl methyl sites for hydroxylation is 1. The molecule has 28 heavy (non-hydrogen) atoms. The zero-order chi connectivity index (χ0) is 18.9. The second-order valence-corrected chi connectivity index (χ2v) is 7.91. The molecule has 0 aliphatic heterocycles. The lowest BCUT2D eigenvalue weighted by atomic mass is 9.86. The second-order valence-electron chi connectivity index (χ2n) is 7.47. The van der Waals surface area contributed by atoms with Crippen LogP contribution in [0, 0.1) is 0 Å². The number of benzene rings is 4. The van der Waals surface area contributed by atoms with E-state index in [4.69, 9.17) is 11.6 Å². The summed E-state index contributed by atoms with van der Waals surface area (Å²) in [5.41, 5.74) is 9.37. The van der Waals surface area contributed by atoms with Crippen molar-refractivity contribution in [1.29, 1.82) is 0 Å². The molecule has 4 aromatic rings. The lowest BCUT2D eigenvalue weighted by molar-refractivity contribution is 0.726. The summed E-state index contributed by atoms with van der Waals surface area (Å²) in [4.78, 5) is 0. The van der Waals surface area contributed by atoms with Crippen LogP contribution in [0.3, 0.4) is 0 Å². The Morgan fingerprint density at radius 3 is 2.32 bits per heavy atom. The molecule has 1 aliphatic carbocycles. The average molecular weight is 381 g/mol. The van der Waals surface area contributed by atoms with Gasteiger partial charge in [-0.1, -0.05) is 90.5 Å². The van der Waals surface area contributed by atoms with E-state index in [0.29, 0.717) is 5.92 Å². The fraction of sp³-hybridized carbons (Fsp3) is 0.111. The highest BCUT2D eigenvalue weighted by Gasteiger charge is 2.23. The summed E-state index contributed by atoms with van der Waals surface area (Å²) in [5, 5.41) is 0.808. The molecule has 0 N–H and O–H groups in total. The van der Waals surface area contributed by atoms with Crippen LogP contribution in [0.2, 0.25) is 5.02 Å². The standard InChI is InChI=1S/C27H21Cl/c28-23-10-6-9-22(17-23)24-16-15-20-13-14-21(19-7-2-1-3-8-19)18-27(20)26-12-5-4-11-25(24)26/h1-14,17-18,24H,15-16H2. The van der Waals surface area contributed by atoms with Gasteiger partial charge in [-0.25, -0.2) is 0 Å². The molecule has 0 nitrogen and oxygen atoms in total. The predicted octanol–water partition coefficient (Wildman–Crippen LogP) is 7.75. The molecule has 0 amide bonds. The third kappa shape index (κ3) is 3.15. The quantitative estimate of drug-likeness (QED) is 0.333. The minimum Gasteiger partial charge on any atom is -0.0843 e. The van der Waals surface area contributed by atoms with Crippen molar-refractivity contribution in [3.63, 3.8) is 0 Å². The maximum Gasteiger partial charge on any atom is 0.0408 e. The first-order valence-electron chi connectivity index (χ1n) is 9.83. The molecule has 1 aliphatic rings. The highest BCUT2D eigenvalue weighted by atomic mass is 35.5. The zero-order valence-corrected chi connectivity index (χ0v) is 16.4. The van der Waals surface area contributed by atoms with Crippen LogP contribution in [0.5, 0.6) is 0 Å². The summed E-state index contributed by atoms with van der Waals surface area (Å²) in [5.74, 6) is 0.363. The topological polar surface area (TPSA) is 0 Å². The maximum absolute atomic E-state index is 6.31. The van der Waals surface area contributed by atoms with Crippen LogP contribution in [0.25, 0.3) is 22.3 Å². The van der Waals surface area contributed by atoms with Gasteiger partial charge in [0.25, 0.3) is 0 Å². The van der Waals surface area contributed by atoms with Crippen LogP contribution in [0.15, 0.2) is 97.1 Å². The van der Waals surface area contributed by atoms with Gasteiger partial charge in [0, 0.05) is 10.9 Å². The Labute approximate surface area is 171 Å². The number of halogens is 1. The van der Waals surface area contributed by atoms with Gasteiger partial charge < -0.3 is 0 Å². The lowest BCUT2D eigenvalue weighted by Gasteiger charge is -2.18. The van der Waals surface area contributed by atoms with E-state index in [0.717, 1.165) is 17.9 Å². The Balaban J connectivity index is 1.67. The first-order valence-corrected chi connectivity index (χ1v) is 10.2. The number of fused-ring (bicyclic) bond motifs is 3. The van der Waals surface area contributed by atoms with E-state index < -0.39 is 0 Å². The number of rotatable bonds is 2. The molecule has 0 saturated carbocycles. The molecule has 0 aromatic heterocycles. The van der Waals surface area contributed by atoms with Gasteiger partial charge in [-0.2, -0.15) is 0 Å². The zero-order valence-electron chi connectivity index (χ0n) is 15.6. The first kappa shape index (κ1) is 17.3. The molecular weight excluding hydrogens is 360 g/mol. The van der Waals surface area contributed by atoms with Crippen molar-refractivity contribution < 1.29 is 0 Å². The smallest absolute Gasteiger partial charge is 0.0408 e. The van der Waals surface area contributed by atoms with Gasteiger partial charge in [-0.05, 0) is 70.0 Å². The average Bonchev–Trinajstić information content (AvgIpc) is 2.91. The van der Waals surface area contributed by atoms with Gasteiger partial charge >= 0.3 is 0 Å². The molecule has 0 heterocycles. The van der Waals surface area contributed by atoms with Crippen LogP contribution < -0.4 is 0 Å². The Kier molecular flexibility index (Phi) is 4.50. The van der Waals surface area contributed by atoms with Crippen molar-refractivity contribution in [3.8, 4) is 22.3 Å². The predicted molar refractivity (Wildman–Crippen MR) is 119 cm³/mol. The highest BCUT2D eigenvalue weighted by molar-refractivity contribution is 6.30. The number of hydrogen-bond donors (Lipinski definition) is 0. The molecule has 0 saturated heterocycles. The van der Waals surface area contributed by atoms with Crippen molar-refractivity contribution in [2.24, 2.45) is 0 Å². The third-order valence-electron chi connectivity index (χ3n) is 5.80. The van der Waals surface area contributed by atoms with E-state index in [1.54, 1.807) is 0 Å². The van der Waals surface area contributed by atoms with Crippen LogP contribution in [-0.4, -0.2) is 0 Å². The molecule has 0 radical (unpaired) electrons. The van der Waals surface area contributed by atoms with Gasteiger partial charge in [0.05, 0.1) is 0 Å². The van der Waals surface area contributed by atoms with E-state index in [1.165, 1.54) is 38.9 Å². The lowest BCUT2D eigenvalue weighted by Crippen LogP contribution is -2.02. The largest absolute Gasteiger partial charge is 0.0843 e. The normalized spacial score (nSPS) is 15.4. The van der Waals surface area contributed by atoms with Crippen molar-refractivity contribution >= 4 is 11.6 Å². The van der Waals surface area contributed by atoms with Gasteiger partial charge in [-0.15, -0.1) is 0 Å². The number of hydrogen-bond acceptors (Lipinski definition) is 0. The molecule has 0 fully saturated rings. The monoisotopic (exact) mass is 380 g/mol. The van der Waals surface area contributed by atoms with Crippen LogP contribution in [0.4, 0.5) is 0 Å². The molecule has 0 spiro atoms. The fourth-order valence-corrected chi connectivity index (χ4v) is 4.63. The van der Waals surface area contributed by atoms with Crippen LogP contribution in [-0.2, 0) is 6.42 Å². The maximum atomic E-state index is 6.31. The van der Waals surface area contributed by atoms with Crippen molar-refractivity contribution in [2.75, 3.05) is 0 Å². The minimum absolute atomic E-state index is 0.363. The van der Waals surface area contributed by atoms with E-state index in [9.17, 15) is 0 Å². The Morgan fingerprint density at radius 1 is 0.643 bits per heavy atom. The molecule has 5 rings (SSSR count). The highest BCUT2D eigenvalue weighted by Crippen LogP contribution is 2.42. The summed E-state index contributed by atoms with van der Waals surface area (Å²) in [6.45, 7) is 0. The van der Waals surface area contributed by atoms with E-state index in [-0.39, 0.29) is 0 Å². The summed E-state index contributed by atoms with van der Waals surface area (Å²) in [7, 11) is 0. The third-order valence-corrected chi connectivity index (χ3v) is 6.03. The second kappa shape index (κ2) is 7.30.